The Morgan fingerprint density at radius 2 is 1.68 bits per heavy atom. The Balaban J connectivity index is 1.76. The highest BCUT2D eigenvalue weighted by atomic mass is 16.5. The topological polar surface area (TPSA) is 61.0 Å². The number of benzene rings is 2. The predicted molar refractivity (Wildman–Crippen MR) is 74.7 cm³/mol. The van der Waals surface area contributed by atoms with E-state index in [4.69, 9.17) is 10.5 Å². The molecular weight excluding hydrogens is 238 g/mol. The first-order valence-electron chi connectivity index (χ1n) is 5.99. The first-order chi connectivity index (χ1) is 9.31. The van der Waals surface area contributed by atoms with Gasteiger partial charge in [-0.2, -0.15) is 0 Å². The lowest BCUT2D eigenvalue weighted by Gasteiger charge is -2.06. The summed E-state index contributed by atoms with van der Waals surface area (Å²) in [6.45, 7) is 0.332. The number of aromatic nitrogens is 2. The molecule has 0 unspecified atom stereocenters. The molecule has 1 aromatic heterocycles. The number of fused-ring (bicyclic) bond motifs is 1. The molecule has 94 valence electrons. The lowest BCUT2D eigenvalue weighted by molar-refractivity contribution is 0.296. The van der Waals surface area contributed by atoms with Crippen LogP contribution in [0.5, 0.6) is 5.75 Å². The number of nitrogens with zero attached hydrogens (tertiary/aromatic N) is 2. The van der Waals surface area contributed by atoms with Crippen LogP contribution in [0.2, 0.25) is 0 Å². The van der Waals surface area contributed by atoms with Crippen molar-refractivity contribution in [3.8, 4) is 5.75 Å². The van der Waals surface area contributed by atoms with Crippen LogP contribution in [-0.2, 0) is 6.61 Å². The zero-order valence-corrected chi connectivity index (χ0v) is 10.3. The molecule has 0 atom stereocenters. The van der Waals surface area contributed by atoms with E-state index in [1.807, 2.05) is 30.3 Å². The Morgan fingerprint density at radius 1 is 0.947 bits per heavy atom. The molecule has 0 radical (unpaired) electrons. The molecule has 0 aliphatic heterocycles. The van der Waals surface area contributed by atoms with Crippen LogP contribution in [-0.4, -0.2) is 9.97 Å². The smallest absolute Gasteiger partial charge is 0.166 e. The molecule has 2 N–H and O–H groups in total. The number of ether oxygens (including phenoxy) is 1. The van der Waals surface area contributed by atoms with E-state index in [0.29, 0.717) is 18.1 Å². The van der Waals surface area contributed by atoms with Crippen molar-refractivity contribution < 1.29 is 4.74 Å². The van der Waals surface area contributed by atoms with E-state index in [2.05, 4.69) is 22.1 Å². The number of anilines is 1. The highest BCUT2D eigenvalue weighted by Gasteiger charge is 2.00. The van der Waals surface area contributed by atoms with Gasteiger partial charge in [-0.15, -0.1) is 0 Å². The molecule has 4 nitrogen and oxygen atoms in total. The van der Waals surface area contributed by atoms with Crippen LogP contribution < -0.4 is 10.5 Å². The molecule has 0 bridgehead atoms. The van der Waals surface area contributed by atoms with Crippen LogP contribution in [0.25, 0.3) is 10.8 Å². The van der Waals surface area contributed by atoms with E-state index >= 15 is 0 Å². The molecule has 3 aromatic rings. The molecule has 3 rings (SSSR count). The third kappa shape index (κ3) is 2.63. The summed E-state index contributed by atoms with van der Waals surface area (Å²) in [5.41, 5.74) is 6.08. The summed E-state index contributed by atoms with van der Waals surface area (Å²) in [4.78, 5) is 8.19. The quantitative estimate of drug-likeness (QED) is 0.777. The summed E-state index contributed by atoms with van der Waals surface area (Å²) < 4.78 is 5.67. The van der Waals surface area contributed by atoms with Crippen molar-refractivity contribution in [1.82, 2.24) is 9.97 Å². The zero-order chi connectivity index (χ0) is 13.1. The molecule has 19 heavy (non-hydrogen) atoms. The molecule has 0 saturated heterocycles. The van der Waals surface area contributed by atoms with Crippen molar-refractivity contribution in [2.45, 2.75) is 6.61 Å². The minimum atomic E-state index is 0.332. The highest BCUT2D eigenvalue weighted by molar-refractivity contribution is 5.83. The maximum absolute atomic E-state index is 5.67. The molecule has 0 aliphatic rings. The van der Waals surface area contributed by atoms with Crippen LogP contribution in [0.15, 0.2) is 54.9 Å². The molecule has 1 heterocycles. The van der Waals surface area contributed by atoms with E-state index in [0.717, 1.165) is 11.1 Å². The third-order valence-corrected chi connectivity index (χ3v) is 2.81. The Bertz CT molecular complexity index is 695. The van der Waals surface area contributed by atoms with Crippen molar-refractivity contribution in [2.24, 2.45) is 0 Å². The second-order valence-corrected chi connectivity index (χ2v) is 4.23. The van der Waals surface area contributed by atoms with Gasteiger partial charge in [-0.25, -0.2) is 9.97 Å². The highest BCUT2D eigenvalue weighted by Crippen LogP contribution is 2.21. The van der Waals surface area contributed by atoms with Crippen LogP contribution in [0.1, 0.15) is 5.82 Å². The van der Waals surface area contributed by atoms with Gasteiger partial charge >= 0.3 is 0 Å². The number of hydrogen-bond donors (Lipinski definition) is 1. The molecule has 2 aromatic carbocycles. The van der Waals surface area contributed by atoms with Crippen molar-refractivity contribution >= 4 is 16.5 Å². The van der Waals surface area contributed by atoms with E-state index in [1.165, 1.54) is 5.39 Å². The summed E-state index contributed by atoms with van der Waals surface area (Å²) in [5.74, 6) is 1.42. The van der Waals surface area contributed by atoms with Crippen molar-refractivity contribution in [2.75, 3.05) is 5.73 Å². The summed E-state index contributed by atoms with van der Waals surface area (Å²) in [6.07, 6.45) is 3.15. The summed E-state index contributed by atoms with van der Waals surface area (Å²) >= 11 is 0. The van der Waals surface area contributed by atoms with Gasteiger partial charge in [0.25, 0.3) is 0 Å². The number of nitrogens with two attached hydrogens (primary N) is 1. The maximum atomic E-state index is 5.67. The Labute approximate surface area is 110 Å². The monoisotopic (exact) mass is 251 g/mol. The fraction of sp³-hybridized carbons (Fsp3) is 0.0667. The SMILES string of the molecule is Nc1cnc(COc2ccc3ccccc3c2)nc1. The van der Waals surface area contributed by atoms with E-state index < -0.39 is 0 Å². The molecule has 0 spiro atoms. The Kier molecular flexibility index (Phi) is 2.98. The van der Waals surface area contributed by atoms with Gasteiger partial charge in [-0.1, -0.05) is 30.3 Å². The molecule has 0 aliphatic carbocycles. The average molecular weight is 251 g/mol. The zero-order valence-electron chi connectivity index (χ0n) is 10.3. The van der Waals surface area contributed by atoms with Gasteiger partial charge in [-0.05, 0) is 22.9 Å². The molecular formula is C15H13N3O. The number of nitrogen functional groups attached to an aromatic ring is 1. The summed E-state index contributed by atoms with van der Waals surface area (Å²) in [5, 5.41) is 2.34. The van der Waals surface area contributed by atoms with Gasteiger partial charge in [0, 0.05) is 0 Å². The fourth-order valence-corrected chi connectivity index (χ4v) is 1.84. The first-order valence-corrected chi connectivity index (χ1v) is 5.99. The minimum Gasteiger partial charge on any atom is -0.486 e. The van der Waals surface area contributed by atoms with Crippen LogP contribution in [0.3, 0.4) is 0 Å². The van der Waals surface area contributed by atoms with Gasteiger partial charge in [0.2, 0.25) is 0 Å². The summed E-state index contributed by atoms with van der Waals surface area (Å²) in [7, 11) is 0. The van der Waals surface area contributed by atoms with Gasteiger partial charge in [0.1, 0.15) is 12.4 Å². The van der Waals surface area contributed by atoms with Crippen molar-refractivity contribution in [3.63, 3.8) is 0 Å². The van der Waals surface area contributed by atoms with Gasteiger partial charge in [0.15, 0.2) is 5.82 Å². The minimum absolute atomic E-state index is 0.332. The number of hydrogen-bond acceptors (Lipinski definition) is 4. The van der Waals surface area contributed by atoms with Crippen molar-refractivity contribution in [1.29, 1.82) is 0 Å². The lowest BCUT2D eigenvalue weighted by atomic mass is 10.1. The molecule has 0 amide bonds. The second-order valence-electron chi connectivity index (χ2n) is 4.23. The predicted octanol–water partition coefficient (Wildman–Crippen LogP) is 2.79. The maximum Gasteiger partial charge on any atom is 0.166 e. The van der Waals surface area contributed by atoms with Crippen LogP contribution in [0.4, 0.5) is 5.69 Å². The third-order valence-electron chi connectivity index (χ3n) is 2.81. The van der Waals surface area contributed by atoms with Crippen LogP contribution in [0, 0.1) is 0 Å². The largest absolute Gasteiger partial charge is 0.486 e. The van der Waals surface area contributed by atoms with Crippen molar-refractivity contribution in [3.05, 3.63) is 60.7 Å². The van der Waals surface area contributed by atoms with E-state index in [1.54, 1.807) is 12.4 Å². The standard InChI is InChI=1S/C15H13N3O/c16-13-8-17-15(18-9-13)10-19-14-6-5-11-3-1-2-4-12(11)7-14/h1-9H,10,16H2. The van der Waals surface area contributed by atoms with Gasteiger partial charge in [-0.3, -0.25) is 0 Å². The summed E-state index contributed by atoms with van der Waals surface area (Å²) in [6, 6.07) is 14.1. The fourth-order valence-electron chi connectivity index (χ4n) is 1.84. The van der Waals surface area contributed by atoms with E-state index in [-0.39, 0.29) is 0 Å². The van der Waals surface area contributed by atoms with Gasteiger partial charge in [0.05, 0.1) is 18.1 Å². The molecule has 4 heteroatoms. The lowest BCUT2D eigenvalue weighted by Crippen LogP contribution is -2.01. The Morgan fingerprint density at radius 3 is 2.47 bits per heavy atom. The van der Waals surface area contributed by atoms with Gasteiger partial charge < -0.3 is 10.5 Å². The van der Waals surface area contributed by atoms with E-state index in [9.17, 15) is 0 Å². The second kappa shape index (κ2) is 4.94. The van der Waals surface area contributed by atoms with Crippen LogP contribution >= 0.6 is 0 Å². The molecule has 0 saturated carbocycles. The average Bonchev–Trinajstić information content (AvgIpc) is 2.46. The normalized spacial score (nSPS) is 10.5. The first kappa shape index (κ1) is 11.5. The molecule has 0 fully saturated rings. The Hall–Kier alpha value is -2.62. The number of rotatable bonds is 3.